The maximum Gasteiger partial charge on any atom is 0.325 e. The molecule has 0 aromatic carbocycles. The lowest BCUT2D eigenvalue weighted by molar-refractivity contribution is -0.134. The van der Waals surface area contributed by atoms with Crippen molar-refractivity contribution in [3.05, 3.63) is 11.8 Å². The minimum Gasteiger partial charge on any atom is -0.338 e. The number of nitrogens with one attached hydrogen (secondary N) is 2. The first-order chi connectivity index (χ1) is 10.5. The number of imide groups is 1. The molecule has 1 aromatic heterocycles. The van der Waals surface area contributed by atoms with Gasteiger partial charge >= 0.3 is 6.03 Å². The SMILES string of the molecule is Cc1cc(NC(=O)CN2C(=O)NC3(CCCCC3)C2=O)on1. The average molecular weight is 306 g/mol. The standard InChI is InChI=1S/C14H18N4O4/c1-9-7-11(22-17-9)15-10(19)8-18-12(20)14(16-13(18)21)5-3-2-4-6-14/h7H,2-6,8H2,1H3,(H,15,19)(H,16,21). The Bertz CT molecular complexity index is 618. The Morgan fingerprint density at radius 3 is 2.77 bits per heavy atom. The maximum atomic E-state index is 12.5. The van der Waals surface area contributed by atoms with Crippen molar-refractivity contribution in [3.8, 4) is 0 Å². The molecule has 2 fully saturated rings. The van der Waals surface area contributed by atoms with E-state index in [4.69, 9.17) is 4.52 Å². The van der Waals surface area contributed by atoms with Crippen molar-refractivity contribution < 1.29 is 18.9 Å². The summed E-state index contributed by atoms with van der Waals surface area (Å²) in [7, 11) is 0. The number of carbonyl (C=O) groups excluding carboxylic acids is 3. The molecule has 2 aliphatic rings. The molecule has 8 heteroatoms. The Morgan fingerprint density at radius 2 is 2.14 bits per heavy atom. The average Bonchev–Trinajstić information content (AvgIpc) is 2.97. The fraction of sp³-hybridized carbons (Fsp3) is 0.571. The van der Waals surface area contributed by atoms with Gasteiger partial charge in [-0.25, -0.2) is 4.79 Å². The first-order valence-electron chi connectivity index (χ1n) is 7.37. The molecule has 2 heterocycles. The van der Waals surface area contributed by atoms with Gasteiger partial charge in [0.25, 0.3) is 5.91 Å². The normalized spacial score (nSPS) is 20.3. The predicted molar refractivity (Wildman–Crippen MR) is 75.9 cm³/mol. The Balaban J connectivity index is 1.65. The summed E-state index contributed by atoms with van der Waals surface area (Å²) in [5.74, 6) is -0.601. The van der Waals surface area contributed by atoms with Crippen LogP contribution < -0.4 is 10.6 Å². The molecule has 1 aliphatic heterocycles. The Labute approximate surface area is 127 Å². The number of nitrogens with zero attached hydrogens (tertiary/aromatic N) is 2. The molecule has 0 radical (unpaired) electrons. The van der Waals surface area contributed by atoms with E-state index >= 15 is 0 Å². The van der Waals surface area contributed by atoms with Gasteiger partial charge in [0.15, 0.2) is 0 Å². The van der Waals surface area contributed by atoms with Crippen LogP contribution in [0.25, 0.3) is 0 Å². The van der Waals surface area contributed by atoms with Gasteiger partial charge in [0.1, 0.15) is 12.1 Å². The van der Waals surface area contributed by atoms with E-state index in [1.54, 1.807) is 13.0 Å². The van der Waals surface area contributed by atoms with Crippen LogP contribution in [0.4, 0.5) is 10.7 Å². The Hall–Kier alpha value is -2.38. The number of amides is 4. The molecular formula is C14H18N4O4. The number of aromatic nitrogens is 1. The quantitative estimate of drug-likeness (QED) is 0.816. The lowest BCUT2D eigenvalue weighted by Crippen LogP contribution is -2.48. The van der Waals surface area contributed by atoms with Crippen LogP contribution in [0.5, 0.6) is 0 Å². The number of aryl methyl sites for hydroxylation is 1. The van der Waals surface area contributed by atoms with E-state index in [0.29, 0.717) is 18.5 Å². The van der Waals surface area contributed by atoms with Gasteiger partial charge in [-0.05, 0) is 19.8 Å². The molecule has 118 valence electrons. The highest BCUT2D eigenvalue weighted by Crippen LogP contribution is 2.33. The van der Waals surface area contributed by atoms with E-state index < -0.39 is 17.5 Å². The molecule has 8 nitrogen and oxygen atoms in total. The van der Waals surface area contributed by atoms with E-state index in [1.807, 2.05) is 0 Å². The van der Waals surface area contributed by atoms with Gasteiger partial charge in [0.05, 0.1) is 5.69 Å². The van der Waals surface area contributed by atoms with Crippen molar-refractivity contribution in [2.75, 3.05) is 11.9 Å². The fourth-order valence-corrected chi connectivity index (χ4v) is 3.06. The van der Waals surface area contributed by atoms with Crippen LogP contribution in [0.1, 0.15) is 37.8 Å². The summed E-state index contributed by atoms with van der Waals surface area (Å²) in [6.45, 7) is 1.40. The van der Waals surface area contributed by atoms with E-state index in [9.17, 15) is 14.4 Å². The Morgan fingerprint density at radius 1 is 1.41 bits per heavy atom. The minimum absolute atomic E-state index is 0.196. The summed E-state index contributed by atoms with van der Waals surface area (Å²) >= 11 is 0. The molecule has 1 saturated carbocycles. The maximum absolute atomic E-state index is 12.5. The third-order valence-electron chi connectivity index (χ3n) is 4.15. The molecular weight excluding hydrogens is 288 g/mol. The number of urea groups is 1. The number of rotatable bonds is 3. The monoisotopic (exact) mass is 306 g/mol. The summed E-state index contributed by atoms with van der Waals surface area (Å²) in [5.41, 5.74) is -0.176. The highest BCUT2D eigenvalue weighted by Gasteiger charge is 2.51. The molecule has 0 bridgehead atoms. The molecule has 1 aliphatic carbocycles. The number of hydrogen-bond donors (Lipinski definition) is 2. The van der Waals surface area contributed by atoms with Gasteiger partial charge < -0.3 is 9.84 Å². The zero-order valence-electron chi connectivity index (χ0n) is 12.3. The van der Waals surface area contributed by atoms with Gasteiger partial charge in [-0.2, -0.15) is 0 Å². The Kier molecular flexibility index (Phi) is 3.59. The second-order valence-corrected chi connectivity index (χ2v) is 5.84. The second kappa shape index (κ2) is 5.43. The van der Waals surface area contributed by atoms with Gasteiger partial charge in [-0.1, -0.05) is 24.4 Å². The van der Waals surface area contributed by atoms with E-state index in [0.717, 1.165) is 24.2 Å². The first-order valence-corrected chi connectivity index (χ1v) is 7.37. The van der Waals surface area contributed by atoms with E-state index in [2.05, 4.69) is 15.8 Å². The zero-order chi connectivity index (χ0) is 15.7. The van der Waals surface area contributed by atoms with Crippen LogP contribution in [0.2, 0.25) is 0 Å². The van der Waals surface area contributed by atoms with Crippen LogP contribution in [0, 0.1) is 6.92 Å². The topological polar surface area (TPSA) is 105 Å². The third-order valence-corrected chi connectivity index (χ3v) is 4.15. The van der Waals surface area contributed by atoms with Gasteiger partial charge in [0.2, 0.25) is 11.8 Å². The molecule has 0 atom stereocenters. The lowest BCUT2D eigenvalue weighted by atomic mass is 9.82. The van der Waals surface area contributed by atoms with Crippen molar-refractivity contribution >= 4 is 23.7 Å². The number of anilines is 1. The highest BCUT2D eigenvalue weighted by atomic mass is 16.5. The van der Waals surface area contributed by atoms with E-state index in [-0.39, 0.29) is 18.3 Å². The van der Waals surface area contributed by atoms with Gasteiger partial charge in [-0.3, -0.25) is 19.8 Å². The molecule has 1 spiro atoms. The van der Waals surface area contributed by atoms with Gasteiger partial charge in [0, 0.05) is 6.07 Å². The van der Waals surface area contributed by atoms with Crippen molar-refractivity contribution in [1.82, 2.24) is 15.4 Å². The summed E-state index contributed by atoms with van der Waals surface area (Å²) < 4.78 is 4.88. The summed E-state index contributed by atoms with van der Waals surface area (Å²) in [5, 5.41) is 8.89. The zero-order valence-corrected chi connectivity index (χ0v) is 12.3. The fourth-order valence-electron chi connectivity index (χ4n) is 3.06. The summed E-state index contributed by atoms with van der Waals surface area (Å²) in [6.07, 6.45) is 4.15. The number of carbonyl (C=O) groups is 3. The molecule has 22 heavy (non-hydrogen) atoms. The summed E-state index contributed by atoms with van der Waals surface area (Å²) in [4.78, 5) is 37.5. The summed E-state index contributed by atoms with van der Waals surface area (Å²) in [6, 6.07) is 1.06. The van der Waals surface area contributed by atoms with Crippen LogP contribution in [-0.4, -0.2) is 40.0 Å². The predicted octanol–water partition coefficient (Wildman–Crippen LogP) is 1.18. The third kappa shape index (κ3) is 2.56. The van der Waals surface area contributed by atoms with E-state index in [1.165, 1.54) is 0 Å². The lowest BCUT2D eigenvalue weighted by Gasteiger charge is -2.30. The highest BCUT2D eigenvalue weighted by molar-refractivity contribution is 6.10. The van der Waals surface area contributed by atoms with Crippen LogP contribution >= 0.6 is 0 Å². The van der Waals surface area contributed by atoms with Crippen molar-refractivity contribution in [2.45, 2.75) is 44.6 Å². The number of hydrogen-bond acceptors (Lipinski definition) is 5. The van der Waals surface area contributed by atoms with Gasteiger partial charge in [-0.15, -0.1) is 0 Å². The van der Waals surface area contributed by atoms with Crippen molar-refractivity contribution in [2.24, 2.45) is 0 Å². The molecule has 1 saturated heterocycles. The van der Waals surface area contributed by atoms with Crippen LogP contribution in [0.15, 0.2) is 10.6 Å². The van der Waals surface area contributed by atoms with Crippen molar-refractivity contribution in [1.29, 1.82) is 0 Å². The molecule has 3 rings (SSSR count). The smallest absolute Gasteiger partial charge is 0.325 e. The minimum atomic E-state index is -0.807. The van der Waals surface area contributed by atoms with Crippen molar-refractivity contribution in [3.63, 3.8) is 0 Å². The first kappa shape index (κ1) is 14.6. The van der Waals surface area contributed by atoms with Crippen LogP contribution in [0.3, 0.4) is 0 Å². The van der Waals surface area contributed by atoms with Crippen LogP contribution in [-0.2, 0) is 9.59 Å². The molecule has 1 aromatic rings. The largest absolute Gasteiger partial charge is 0.338 e. The molecule has 4 amide bonds. The second-order valence-electron chi connectivity index (χ2n) is 5.84. The molecule has 0 unspecified atom stereocenters. The molecule has 2 N–H and O–H groups in total.